The summed E-state index contributed by atoms with van der Waals surface area (Å²) in [6.07, 6.45) is 10.3. The number of hydrogen-bond acceptors (Lipinski definition) is 0. The average molecular weight is 495 g/mol. The van der Waals surface area contributed by atoms with Crippen LogP contribution in [0.5, 0.6) is 0 Å². The van der Waals surface area contributed by atoms with Crippen LogP contribution in [-0.2, 0) is 6.42 Å². The van der Waals surface area contributed by atoms with Crippen molar-refractivity contribution in [3.8, 4) is 0 Å². The first-order valence-electron chi connectivity index (χ1n) is 14.6. The second-order valence-corrected chi connectivity index (χ2v) is 9.38. The highest BCUT2D eigenvalue weighted by atomic mass is 14.1. The summed E-state index contributed by atoms with van der Waals surface area (Å²) in [5.74, 6) is 0.759. The first kappa shape index (κ1) is 38.5. The molecule has 0 saturated carbocycles. The Kier molecular flexibility index (Phi) is 29.4. The molecule has 0 heterocycles. The minimum absolute atomic E-state index is 0.759. The van der Waals surface area contributed by atoms with Crippen molar-refractivity contribution < 1.29 is 0 Å². The van der Waals surface area contributed by atoms with Crippen LogP contribution in [0.25, 0.3) is 5.57 Å². The lowest BCUT2D eigenvalue weighted by Gasteiger charge is -2.09. The van der Waals surface area contributed by atoms with Gasteiger partial charge in [0.1, 0.15) is 0 Å². The number of allylic oxidation sites excluding steroid dienone is 2. The Labute approximate surface area is 228 Å². The summed E-state index contributed by atoms with van der Waals surface area (Å²) in [5, 5.41) is 0. The second-order valence-electron chi connectivity index (χ2n) is 9.38. The number of unbranched alkanes of at least 4 members (excludes halogenated alkanes) is 3. The van der Waals surface area contributed by atoms with Gasteiger partial charge in [0, 0.05) is 0 Å². The van der Waals surface area contributed by atoms with Gasteiger partial charge in [0.2, 0.25) is 0 Å². The lowest BCUT2D eigenvalue weighted by molar-refractivity contribution is 0.574. The van der Waals surface area contributed by atoms with E-state index in [1.54, 1.807) is 0 Å². The minimum atomic E-state index is 0.759. The van der Waals surface area contributed by atoms with E-state index in [2.05, 4.69) is 124 Å². The molecule has 0 aliphatic heterocycles. The van der Waals surface area contributed by atoms with Crippen molar-refractivity contribution in [3.05, 3.63) is 89.5 Å². The second kappa shape index (κ2) is 27.5. The third kappa shape index (κ3) is 22.4. The molecule has 0 aliphatic carbocycles. The lowest BCUT2D eigenvalue weighted by atomic mass is 9.97. The highest BCUT2D eigenvalue weighted by molar-refractivity contribution is 5.61. The molecular weight excluding hydrogens is 432 g/mol. The van der Waals surface area contributed by atoms with E-state index < -0.39 is 0 Å². The minimum Gasteiger partial charge on any atom is -0.0999 e. The average Bonchev–Trinajstić information content (AvgIpc) is 2.88. The summed E-state index contributed by atoms with van der Waals surface area (Å²) in [5.41, 5.74) is 7.92. The molecule has 0 N–H and O–H groups in total. The number of hydrogen-bond donors (Lipinski definition) is 0. The Bertz CT molecular complexity index is 738. The molecule has 0 unspecified atom stereocenters. The maximum Gasteiger partial charge on any atom is -0.0214 e. The molecule has 0 amide bonds. The van der Waals surface area contributed by atoms with Gasteiger partial charge in [0.15, 0.2) is 0 Å². The molecule has 2 rings (SSSR count). The lowest BCUT2D eigenvalue weighted by Crippen LogP contribution is -1.95. The van der Waals surface area contributed by atoms with Crippen molar-refractivity contribution in [2.24, 2.45) is 5.92 Å². The zero-order valence-corrected chi connectivity index (χ0v) is 26.3. The molecule has 0 bridgehead atoms. The monoisotopic (exact) mass is 494 g/mol. The van der Waals surface area contributed by atoms with Crippen LogP contribution in [0.2, 0.25) is 0 Å². The van der Waals surface area contributed by atoms with E-state index in [9.17, 15) is 0 Å². The van der Waals surface area contributed by atoms with E-state index in [1.807, 2.05) is 13.8 Å². The van der Waals surface area contributed by atoms with Gasteiger partial charge in [-0.15, -0.1) is 0 Å². The largest absolute Gasteiger partial charge is 0.0999 e. The molecule has 0 nitrogen and oxygen atoms in total. The van der Waals surface area contributed by atoms with Gasteiger partial charge in [-0.05, 0) is 81.5 Å². The highest BCUT2D eigenvalue weighted by Gasteiger charge is 2.00. The number of aryl methyl sites for hydroxylation is 3. The van der Waals surface area contributed by atoms with Gasteiger partial charge in [0.25, 0.3) is 0 Å². The van der Waals surface area contributed by atoms with Crippen LogP contribution in [-0.4, -0.2) is 0 Å². The van der Waals surface area contributed by atoms with Gasteiger partial charge in [-0.2, -0.15) is 0 Å². The molecular formula is C36H62. The molecule has 2 aromatic rings. The van der Waals surface area contributed by atoms with E-state index in [0.717, 1.165) is 11.5 Å². The standard InChI is InChI=1S/C13H18.C8H10.C8H16.C5H12.C2H6/c1-4-5-7-12-8-6-9-13(10-12)11(2)3;1-7-5-3-4-6-8(7)2;1-5-8(6-2)7(3)4;1-3-5-4-2;1-2/h6,8-10H,2,4-5,7H2,1,3H3;3-6H,1-2H3;8H,3,5-6H2,1-2,4H3;3-5H2,1-2H3;1-2H3. The molecule has 0 spiro atoms. The van der Waals surface area contributed by atoms with Gasteiger partial charge in [-0.1, -0.05) is 147 Å². The fourth-order valence-corrected chi connectivity index (χ4v) is 3.38. The molecule has 0 heteroatoms. The molecule has 206 valence electrons. The molecule has 2 aromatic carbocycles. The zero-order chi connectivity index (χ0) is 28.4. The van der Waals surface area contributed by atoms with Crippen molar-refractivity contribution in [3.63, 3.8) is 0 Å². The van der Waals surface area contributed by atoms with Crippen LogP contribution in [0.15, 0.2) is 67.3 Å². The first-order chi connectivity index (χ1) is 17.2. The van der Waals surface area contributed by atoms with Crippen molar-refractivity contribution >= 4 is 5.57 Å². The SMILES string of the molecule is C=C(C)C(CC)CC.C=C(C)c1cccc(CCCC)c1.CC.CCCCC.Cc1ccccc1C. The van der Waals surface area contributed by atoms with Crippen molar-refractivity contribution in [2.75, 3.05) is 0 Å². The maximum atomic E-state index is 3.95. The van der Waals surface area contributed by atoms with Gasteiger partial charge < -0.3 is 0 Å². The normalized spacial score (nSPS) is 9.22. The van der Waals surface area contributed by atoms with Crippen molar-refractivity contribution in [2.45, 2.75) is 128 Å². The number of benzene rings is 2. The first-order valence-corrected chi connectivity index (χ1v) is 14.6. The Balaban J connectivity index is -0.000000416. The summed E-state index contributed by atoms with van der Waals surface area (Å²) < 4.78 is 0. The van der Waals surface area contributed by atoms with Crippen LogP contribution >= 0.6 is 0 Å². The van der Waals surface area contributed by atoms with Crippen LogP contribution in [0.1, 0.15) is 130 Å². The Morgan fingerprint density at radius 3 is 1.44 bits per heavy atom. The third-order valence-electron chi connectivity index (χ3n) is 6.05. The highest BCUT2D eigenvalue weighted by Crippen LogP contribution is 2.15. The molecule has 36 heavy (non-hydrogen) atoms. The number of rotatable bonds is 9. The third-order valence-corrected chi connectivity index (χ3v) is 6.05. The molecule has 0 radical (unpaired) electrons. The summed E-state index contributed by atoms with van der Waals surface area (Å²) in [6, 6.07) is 17.0. The van der Waals surface area contributed by atoms with E-state index in [4.69, 9.17) is 0 Å². The summed E-state index contributed by atoms with van der Waals surface area (Å²) in [6.45, 7) is 31.3. The Hall–Kier alpha value is -2.08. The summed E-state index contributed by atoms with van der Waals surface area (Å²) >= 11 is 0. The Morgan fingerprint density at radius 1 is 0.694 bits per heavy atom. The zero-order valence-electron chi connectivity index (χ0n) is 26.3. The predicted molar refractivity (Wildman–Crippen MR) is 171 cm³/mol. The van der Waals surface area contributed by atoms with E-state index in [0.29, 0.717) is 0 Å². The predicted octanol–water partition coefficient (Wildman–Crippen LogP) is 12.6. The maximum absolute atomic E-state index is 3.95. The van der Waals surface area contributed by atoms with Gasteiger partial charge >= 0.3 is 0 Å². The van der Waals surface area contributed by atoms with Crippen LogP contribution in [0.4, 0.5) is 0 Å². The van der Waals surface area contributed by atoms with E-state index >= 15 is 0 Å². The molecule has 0 aromatic heterocycles. The van der Waals surface area contributed by atoms with Gasteiger partial charge in [0.05, 0.1) is 0 Å². The summed E-state index contributed by atoms with van der Waals surface area (Å²) in [4.78, 5) is 0. The van der Waals surface area contributed by atoms with Crippen LogP contribution in [0, 0.1) is 19.8 Å². The summed E-state index contributed by atoms with van der Waals surface area (Å²) in [7, 11) is 0. The van der Waals surface area contributed by atoms with Crippen LogP contribution < -0.4 is 0 Å². The van der Waals surface area contributed by atoms with Crippen LogP contribution in [0.3, 0.4) is 0 Å². The van der Waals surface area contributed by atoms with E-state index in [-0.39, 0.29) is 0 Å². The van der Waals surface area contributed by atoms with Gasteiger partial charge in [-0.3, -0.25) is 0 Å². The van der Waals surface area contributed by atoms with Crippen molar-refractivity contribution in [1.82, 2.24) is 0 Å². The fourth-order valence-electron chi connectivity index (χ4n) is 3.38. The fraction of sp³-hybridized carbons (Fsp3) is 0.556. The van der Waals surface area contributed by atoms with E-state index in [1.165, 1.54) is 79.2 Å². The molecule has 0 saturated heterocycles. The van der Waals surface area contributed by atoms with Gasteiger partial charge in [-0.25, -0.2) is 0 Å². The molecule has 0 aliphatic rings. The molecule has 0 atom stereocenters. The Morgan fingerprint density at radius 2 is 1.17 bits per heavy atom. The van der Waals surface area contributed by atoms with Crippen molar-refractivity contribution in [1.29, 1.82) is 0 Å². The topological polar surface area (TPSA) is 0 Å². The smallest absolute Gasteiger partial charge is 0.0214 e. The quantitative estimate of drug-likeness (QED) is 0.304. The molecule has 0 fully saturated rings.